The zero-order valence-corrected chi connectivity index (χ0v) is 13.5. The third-order valence-electron chi connectivity index (χ3n) is 4.13. The first kappa shape index (κ1) is 15.1. The molecule has 0 radical (unpaired) electrons. The van der Waals surface area contributed by atoms with E-state index in [1.54, 1.807) is 6.07 Å². The van der Waals surface area contributed by atoms with Gasteiger partial charge in [-0.1, -0.05) is 36.4 Å². The van der Waals surface area contributed by atoms with Crippen molar-refractivity contribution in [2.75, 3.05) is 0 Å². The Morgan fingerprint density at radius 1 is 0.960 bits per heavy atom. The van der Waals surface area contributed by atoms with Gasteiger partial charge in [-0.3, -0.25) is 10.1 Å². The van der Waals surface area contributed by atoms with E-state index in [4.69, 9.17) is 4.74 Å². The topological polar surface area (TPSA) is 65.3 Å². The lowest BCUT2D eigenvalue weighted by Gasteiger charge is -2.13. The highest BCUT2D eigenvalue weighted by Gasteiger charge is 2.22. The van der Waals surface area contributed by atoms with E-state index in [1.807, 2.05) is 61.5 Å². The number of pyridine rings is 1. The Balaban J connectivity index is 2.14. The van der Waals surface area contributed by atoms with Gasteiger partial charge in [-0.15, -0.1) is 0 Å². The molecular formula is C20H14N2O3. The van der Waals surface area contributed by atoms with Gasteiger partial charge in [-0.2, -0.15) is 0 Å². The first-order chi connectivity index (χ1) is 12.1. The molecule has 1 aromatic heterocycles. The number of nitro groups is 1. The molecule has 0 aliphatic rings. The van der Waals surface area contributed by atoms with Crippen molar-refractivity contribution < 1.29 is 9.66 Å². The highest BCUT2D eigenvalue weighted by atomic mass is 16.6. The van der Waals surface area contributed by atoms with Gasteiger partial charge in [-0.05, 0) is 36.8 Å². The van der Waals surface area contributed by atoms with Crippen molar-refractivity contribution >= 4 is 27.5 Å². The molecule has 0 saturated carbocycles. The highest BCUT2D eigenvalue weighted by molar-refractivity contribution is 6.06. The van der Waals surface area contributed by atoms with Gasteiger partial charge in [0.1, 0.15) is 11.1 Å². The maximum atomic E-state index is 11.6. The van der Waals surface area contributed by atoms with Crippen molar-refractivity contribution in [3.63, 3.8) is 0 Å². The molecule has 4 rings (SSSR count). The second-order valence-corrected chi connectivity index (χ2v) is 5.76. The van der Waals surface area contributed by atoms with E-state index in [9.17, 15) is 10.1 Å². The van der Waals surface area contributed by atoms with Gasteiger partial charge >= 0.3 is 0 Å². The lowest BCUT2D eigenvalue weighted by atomic mass is 10.0. The number of para-hydroxylation sites is 2. The Hall–Kier alpha value is -3.47. The van der Waals surface area contributed by atoms with E-state index in [-0.39, 0.29) is 5.69 Å². The van der Waals surface area contributed by atoms with Crippen LogP contribution in [0.4, 0.5) is 5.69 Å². The van der Waals surface area contributed by atoms with Crippen LogP contribution in [0.15, 0.2) is 66.7 Å². The van der Waals surface area contributed by atoms with Crippen molar-refractivity contribution in [2.45, 2.75) is 6.92 Å². The summed E-state index contributed by atoms with van der Waals surface area (Å²) in [6.07, 6.45) is 0. The van der Waals surface area contributed by atoms with E-state index in [1.165, 1.54) is 6.07 Å². The molecule has 0 saturated heterocycles. The van der Waals surface area contributed by atoms with E-state index < -0.39 is 4.92 Å². The lowest BCUT2D eigenvalue weighted by Crippen LogP contribution is -1.97. The number of hydrogen-bond donors (Lipinski definition) is 0. The summed E-state index contributed by atoms with van der Waals surface area (Å²) in [5.74, 6) is 1.08. The molecule has 5 nitrogen and oxygen atoms in total. The van der Waals surface area contributed by atoms with E-state index >= 15 is 0 Å². The molecule has 0 bridgehead atoms. The van der Waals surface area contributed by atoms with Crippen LogP contribution in [0.1, 0.15) is 5.56 Å². The molecule has 0 atom stereocenters. The van der Waals surface area contributed by atoms with Crippen LogP contribution >= 0.6 is 0 Å². The van der Waals surface area contributed by atoms with E-state index in [2.05, 4.69) is 4.98 Å². The number of aryl methyl sites for hydroxylation is 1. The van der Waals surface area contributed by atoms with Gasteiger partial charge in [-0.25, -0.2) is 4.98 Å². The van der Waals surface area contributed by atoms with E-state index in [0.29, 0.717) is 22.4 Å². The van der Waals surface area contributed by atoms with Crippen LogP contribution in [0.5, 0.6) is 11.5 Å². The zero-order valence-electron chi connectivity index (χ0n) is 13.5. The van der Waals surface area contributed by atoms with Crippen LogP contribution in [0.2, 0.25) is 0 Å². The number of aromatic nitrogens is 1. The number of hydrogen-bond acceptors (Lipinski definition) is 4. The molecule has 0 aliphatic heterocycles. The van der Waals surface area contributed by atoms with Gasteiger partial charge in [0.25, 0.3) is 5.69 Å². The largest absolute Gasteiger partial charge is 0.456 e. The molecule has 0 fully saturated rings. The summed E-state index contributed by atoms with van der Waals surface area (Å²) >= 11 is 0. The number of benzene rings is 3. The summed E-state index contributed by atoms with van der Waals surface area (Å²) in [5.41, 5.74) is 2.18. The predicted octanol–water partition coefficient (Wildman–Crippen LogP) is 5.40. The van der Waals surface area contributed by atoms with Crippen molar-refractivity contribution in [3.05, 3.63) is 82.4 Å². The molecule has 0 amide bonds. The molecule has 0 aliphatic carbocycles. The van der Waals surface area contributed by atoms with Gasteiger partial charge in [0.2, 0.25) is 0 Å². The van der Waals surface area contributed by atoms with Gasteiger partial charge in [0.15, 0.2) is 5.75 Å². The standard InChI is InChI=1S/C20H14N2O3/c1-13-11-12-17(22(23)24)18-19(13)21-16-10-6-5-9-15(16)20(18)25-14-7-3-2-4-8-14/h2-12H,1H3. The summed E-state index contributed by atoms with van der Waals surface area (Å²) in [6.45, 7) is 1.89. The summed E-state index contributed by atoms with van der Waals surface area (Å²) in [6, 6.07) is 20.0. The Labute approximate surface area is 143 Å². The fourth-order valence-electron chi connectivity index (χ4n) is 2.94. The molecule has 122 valence electrons. The molecule has 4 aromatic rings. The maximum absolute atomic E-state index is 11.6. The molecule has 0 N–H and O–H groups in total. The first-order valence-corrected chi connectivity index (χ1v) is 7.84. The molecule has 1 heterocycles. The zero-order chi connectivity index (χ0) is 17.4. The number of ether oxygens (including phenoxy) is 1. The maximum Gasteiger partial charge on any atom is 0.282 e. The van der Waals surface area contributed by atoms with Crippen LogP contribution in [0.25, 0.3) is 21.8 Å². The average Bonchev–Trinajstić information content (AvgIpc) is 2.63. The van der Waals surface area contributed by atoms with Crippen LogP contribution in [0, 0.1) is 17.0 Å². The fourth-order valence-corrected chi connectivity index (χ4v) is 2.94. The Morgan fingerprint density at radius 3 is 2.44 bits per heavy atom. The Morgan fingerprint density at radius 2 is 1.68 bits per heavy atom. The minimum Gasteiger partial charge on any atom is -0.456 e. The van der Waals surface area contributed by atoms with Crippen molar-refractivity contribution in [3.8, 4) is 11.5 Å². The smallest absolute Gasteiger partial charge is 0.282 e. The van der Waals surface area contributed by atoms with Crippen molar-refractivity contribution in [1.29, 1.82) is 0 Å². The van der Waals surface area contributed by atoms with Crippen LogP contribution < -0.4 is 4.74 Å². The first-order valence-electron chi connectivity index (χ1n) is 7.84. The monoisotopic (exact) mass is 330 g/mol. The molecule has 0 spiro atoms. The second-order valence-electron chi connectivity index (χ2n) is 5.76. The predicted molar refractivity (Wildman–Crippen MR) is 97.2 cm³/mol. The van der Waals surface area contributed by atoms with Crippen LogP contribution in [-0.4, -0.2) is 9.91 Å². The highest BCUT2D eigenvalue weighted by Crippen LogP contribution is 2.41. The number of nitrogens with zero attached hydrogens (tertiary/aromatic N) is 2. The quantitative estimate of drug-likeness (QED) is 0.287. The summed E-state index contributed by atoms with van der Waals surface area (Å²) < 4.78 is 6.11. The average molecular weight is 330 g/mol. The summed E-state index contributed by atoms with van der Waals surface area (Å²) in [7, 11) is 0. The SMILES string of the molecule is Cc1ccc([N+](=O)[O-])c2c(Oc3ccccc3)c3ccccc3nc12. The molecular weight excluding hydrogens is 316 g/mol. The van der Waals surface area contributed by atoms with Crippen LogP contribution in [0.3, 0.4) is 0 Å². The fraction of sp³-hybridized carbons (Fsp3) is 0.0500. The molecule has 3 aromatic carbocycles. The number of rotatable bonds is 3. The van der Waals surface area contributed by atoms with E-state index in [0.717, 1.165) is 16.5 Å². The number of non-ortho nitro benzene ring substituents is 1. The minimum absolute atomic E-state index is 0.00946. The lowest BCUT2D eigenvalue weighted by molar-refractivity contribution is -0.383. The molecule has 25 heavy (non-hydrogen) atoms. The second kappa shape index (κ2) is 5.87. The summed E-state index contributed by atoms with van der Waals surface area (Å²) in [5, 5.41) is 12.8. The number of nitro benzene ring substituents is 1. The third-order valence-corrected chi connectivity index (χ3v) is 4.13. The Bertz CT molecular complexity index is 1110. The third kappa shape index (κ3) is 2.55. The molecule has 5 heteroatoms. The van der Waals surface area contributed by atoms with Crippen molar-refractivity contribution in [2.24, 2.45) is 0 Å². The van der Waals surface area contributed by atoms with Gasteiger partial charge < -0.3 is 4.74 Å². The van der Waals surface area contributed by atoms with Gasteiger partial charge in [0, 0.05) is 11.5 Å². The Kier molecular flexibility index (Phi) is 3.54. The van der Waals surface area contributed by atoms with Gasteiger partial charge in [0.05, 0.1) is 16.0 Å². The minimum atomic E-state index is -0.393. The molecule has 0 unspecified atom stereocenters. The van der Waals surface area contributed by atoms with Crippen LogP contribution in [-0.2, 0) is 0 Å². The summed E-state index contributed by atoms with van der Waals surface area (Å²) in [4.78, 5) is 15.8. The van der Waals surface area contributed by atoms with Crippen molar-refractivity contribution in [1.82, 2.24) is 4.98 Å². The normalized spacial score (nSPS) is 10.9. The number of fused-ring (bicyclic) bond motifs is 2.